The Kier molecular flexibility index (Phi) is 4.90. The van der Waals surface area contributed by atoms with Crippen molar-refractivity contribution in [1.29, 1.82) is 0 Å². The van der Waals surface area contributed by atoms with E-state index in [2.05, 4.69) is 20.2 Å². The number of amides is 1. The number of aromatic amines is 1. The number of imidazole rings is 1. The first kappa shape index (κ1) is 18.4. The molecule has 9 heteroatoms. The van der Waals surface area contributed by atoms with E-state index >= 15 is 0 Å². The minimum absolute atomic E-state index is 0.105. The number of carbonyl (C=O) groups excluding carboxylic acids is 1. The zero-order chi connectivity index (χ0) is 19.0. The molecule has 1 amide bonds. The Morgan fingerprint density at radius 3 is 2.48 bits per heavy atom. The van der Waals surface area contributed by atoms with Crippen molar-refractivity contribution in [2.45, 2.75) is 35.0 Å². The van der Waals surface area contributed by atoms with Crippen molar-refractivity contribution in [2.75, 3.05) is 19.6 Å². The number of halogens is 3. The highest BCUT2D eigenvalue weighted by atomic mass is 32.2. The van der Waals surface area contributed by atoms with Gasteiger partial charge in [0.25, 0.3) is 5.91 Å². The van der Waals surface area contributed by atoms with E-state index in [-0.39, 0.29) is 11.9 Å². The molecule has 3 fully saturated rings. The Morgan fingerprint density at radius 2 is 1.93 bits per heavy atom. The number of alkyl halides is 3. The summed E-state index contributed by atoms with van der Waals surface area (Å²) in [6.45, 7) is 3.14. The van der Waals surface area contributed by atoms with Crippen LogP contribution in [0.1, 0.15) is 29.0 Å². The summed E-state index contributed by atoms with van der Waals surface area (Å²) in [6, 6.07) is 7.04. The highest BCUT2D eigenvalue weighted by molar-refractivity contribution is 7.99. The molecule has 5 rings (SSSR count). The van der Waals surface area contributed by atoms with E-state index in [1.165, 1.54) is 0 Å². The van der Waals surface area contributed by atoms with Gasteiger partial charge in [0.15, 0.2) is 0 Å². The number of benzene rings is 1. The largest absolute Gasteiger partial charge is 0.449 e. The van der Waals surface area contributed by atoms with E-state index in [0.29, 0.717) is 16.5 Å². The number of rotatable bonds is 4. The summed E-state index contributed by atoms with van der Waals surface area (Å²) in [5.41, 5.74) is 0.552. The van der Waals surface area contributed by atoms with Crippen LogP contribution in [0.5, 0.6) is 0 Å². The van der Waals surface area contributed by atoms with Crippen LogP contribution >= 0.6 is 11.8 Å². The Hall–Kier alpha value is -2.00. The van der Waals surface area contributed by atoms with Gasteiger partial charge in [-0.25, -0.2) is 4.98 Å². The molecule has 1 aromatic carbocycles. The van der Waals surface area contributed by atoms with Crippen molar-refractivity contribution in [2.24, 2.45) is 5.92 Å². The minimum Gasteiger partial charge on any atom is -0.348 e. The molecule has 0 unspecified atom stereocenters. The molecule has 3 saturated heterocycles. The lowest BCUT2D eigenvalue weighted by Gasteiger charge is -2.44. The van der Waals surface area contributed by atoms with E-state index < -0.39 is 12.0 Å². The maximum Gasteiger partial charge on any atom is 0.449 e. The average Bonchev–Trinajstić information content (AvgIpc) is 3.12. The first-order valence-electron chi connectivity index (χ1n) is 8.82. The number of piperidine rings is 3. The molecular formula is C18H19F3N4OS. The molecule has 27 heavy (non-hydrogen) atoms. The molecule has 0 aliphatic carbocycles. The normalized spacial score (nSPS) is 24.8. The van der Waals surface area contributed by atoms with Crippen LogP contribution in [-0.4, -0.2) is 46.5 Å². The van der Waals surface area contributed by atoms with Gasteiger partial charge in [0.2, 0.25) is 5.82 Å². The summed E-state index contributed by atoms with van der Waals surface area (Å²) in [5.74, 6) is -0.568. The van der Waals surface area contributed by atoms with Crippen LogP contribution in [0.25, 0.3) is 0 Å². The van der Waals surface area contributed by atoms with E-state index in [0.717, 1.165) is 55.3 Å². The number of carbonyl (C=O) groups is 1. The second-order valence-corrected chi connectivity index (χ2v) is 8.05. The van der Waals surface area contributed by atoms with Crippen LogP contribution in [0.2, 0.25) is 0 Å². The number of nitrogens with zero attached hydrogens (tertiary/aromatic N) is 2. The number of hydrogen-bond donors (Lipinski definition) is 2. The van der Waals surface area contributed by atoms with Crippen LogP contribution in [0.4, 0.5) is 13.2 Å². The second-order valence-electron chi connectivity index (χ2n) is 6.94. The van der Waals surface area contributed by atoms with Gasteiger partial charge in [-0.3, -0.25) is 4.79 Å². The summed E-state index contributed by atoms with van der Waals surface area (Å²) in [5, 5.41) is 3.43. The molecule has 0 saturated carbocycles. The number of fused-ring (bicyclic) bond motifs is 3. The fourth-order valence-corrected chi connectivity index (χ4v) is 4.46. The minimum atomic E-state index is -4.49. The predicted octanol–water partition coefficient (Wildman–Crippen LogP) is 3.40. The number of aromatic nitrogens is 2. The molecule has 144 valence electrons. The molecular weight excluding hydrogens is 377 g/mol. The molecule has 1 aromatic heterocycles. The topological polar surface area (TPSA) is 61.0 Å². The molecule has 3 aliphatic heterocycles. The van der Waals surface area contributed by atoms with Gasteiger partial charge >= 0.3 is 6.18 Å². The summed E-state index contributed by atoms with van der Waals surface area (Å²) in [4.78, 5) is 21.2. The van der Waals surface area contributed by atoms with Crippen LogP contribution < -0.4 is 5.32 Å². The predicted molar refractivity (Wildman–Crippen MR) is 94.6 cm³/mol. The third kappa shape index (κ3) is 4.14. The van der Waals surface area contributed by atoms with Crippen molar-refractivity contribution in [3.63, 3.8) is 0 Å². The highest BCUT2D eigenvalue weighted by Crippen LogP contribution is 2.32. The van der Waals surface area contributed by atoms with Crippen LogP contribution in [0.15, 0.2) is 40.4 Å². The lowest BCUT2D eigenvalue weighted by atomic mass is 9.84. The molecule has 3 aliphatic rings. The van der Waals surface area contributed by atoms with Crippen molar-refractivity contribution in [3.8, 4) is 0 Å². The van der Waals surface area contributed by atoms with Gasteiger partial charge in [-0.15, -0.1) is 0 Å². The van der Waals surface area contributed by atoms with E-state index in [1.54, 1.807) is 24.3 Å². The van der Waals surface area contributed by atoms with Gasteiger partial charge in [0.1, 0.15) is 0 Å². The first-order chi connectivity index (χ1) is 12.9. The summed E-state index contributed by atoms with van der Waals surface area (Å²) >= 11 is 1.13. The molecule has 2 bridgehead atoms. The van der Waals surface area contributed by atoms with Crippen molar-refractivity contribution in [3.05, 3.63) is 41.9 Å². The third-order valence-electron chi connectivity index (χ3n) is 5.14. The first-order valence-corrected chi connectivity index (χ1v) is 9.63. The smallest absolute Gasteiger partial charge is 0.348 e. The maximum atomic E-state index is 12.6. The van der Waals surface area contributed by atoms with Gasteiger partial charge in [0, 0.05) is 23.0 Å². The fourth-order valence-electron chi connectivity index (χ4n) is 3.68. The highest BCUT2D eigenvalue weighted by Gasteiger charge is 2.35. The Labute approximate surface area is 158 Å². The van der Waals surface area contributed by atoms with Gasteiger partial charge < -0.3 is 15.2 Å². The molecule has 2 aromatic rings. The molecule has 0 spiro atoms. The van der Waals surface area contributed by atoms with Gasteiger partial charge in [-0.05, 0) is 56.1 Å². The van der Waals surface area contributed by atoms with E-state index in [1.807, 2.05) is 0 Å². The molecule has 2 N–H and O–H groups in total. The number of nitrogens with one attached hydrogen (secondary N) is 2. The van der Waals surface area contributed by atoms with Gasteiger partial charge in [-0.1, -0.05) is 11.8 Å². The van der Waals surface area contributed by atoms with E-state index in [4.69, 9.17) is 0 Å². The van der Waals surface area contributed by atoms with Crippen LogP contribution in [0, 0.1) is 5.92 Å². The monoisotopic (exact) mass is 396 g/mol. The lowest BCUT2D eigenvalue weighted by Crippen LogP contribution is -2.57. The second kappa shape index (κ2) is 7.20. The quantitative estimate of drug-likeness (QED) is 0.832. The maximum absolute atomic E-state index is 12.6. The summed E-state index contributed by atoms with van der Waals surface area (Å²) in [6.07, 6.45) is -1.08. The van der Waals surface area contributed by atoms with Crippen molar-refractivity contribution < 1.29 is 18.0 Å². The molecule has 5 nitrogen and oxygen atoms in total. The summed E-state index contributed by atoms with van der Waals surface area (Å²) in [7, 11) is 0. The zero-order valence-electron chi connectivity index (χ0n) is 14.4. The summed E-state index contributed by atoms with van der Waals surface area (Å²) < 4.78 is 37.7. The van der Waals surface area contributed by atoms with Gasteiger partial charge in [-0.2, -0.15) is 13.2 Å². The lowest BCUT2D eigenvalue weighted by molar-refractivity contribution is -0.144. The number of H-pyrrole nitrogens is 1. The Bertz CT molecular complexity index is 813. The SMILES string of the molecule is O=C(N[C@H]1CN2CCC1CC2)c1ccc(Sc2cnc(C(F)(F)F)[nH]2)cc1. The van der Waals surface area contributed by atoms with Crippen molar-refractivity contribution >= 4 is 17.7 Å². The zero-order valence-corrected chi connectivity index (χ0v) is 15.2. The third-order valence-corrected chi connectivity index (χ3v) is 6.07. The van der Waals surface area contributed by atoms with Gasteiger partial charge in [0.05, 0.1) is 11.2 Å². The Morgan fingerprint density at radius 1 is 1.22 bits per heavy atom. The Balaban J connectivity index is 1.37. The van der Waals surface area contributed by atoms with Crippen LogP contribution in [0.3, 0.4) is 0 Å². The molecule has 1 atom stereocenters. The average molecular weight is 396 g/mol. The fraction of sp³-hybridized carbons (Fsp3) is 0.444. The standard InChI is InChI=1S/C18H19F3N4OS/c19-18(20,21)17-22-9-15(24-17)27-13-3-1-12(2-4-13)16(26)23-14-10-25-7-5-11(14)6-8-25/h1-4,9,11,14H,5-8,10H2,(H,22,24)(H,23,26)/t14-/m0/s1. The number of hydrogen-bond acceptors (Lipinski definition) is 4. The molecule has 4 heterocycles. The van der Waals surface area contributed by atoms with E-state index in [9.17, 15) is 18.0 Å². The van der Waals surface area contributed by atoms with Crippen molar-refractivity contribution in [1.82, 2.24) is 20.2 Å². The molecule has 0 radical (unpaired) electrons. The van der Waals surface area contributed by atoms with Crippen LogP contribution in [-0.2, 0) is 6.18 Å².